The Bertz CT molecular complexity index is 2450. The summed E-state index contributed by atoms with van der Waals surface area (Å²) in [6.07, 6.45) is -0.841. The number of hydrogen-bond donors (Lipinski definition) is 1. The maximum absolute atomic E-state index is 13.3. The van der Waals surface area contributed by atoms with Crippen LogP contribution in [0.25, 0.3) is 11.2 Å². The fourth-order valence-corrected chi connectivity index (χ4v) is 10.1. The number of rotatable bonds is 20. The van der Waals surface area contributed by atoms with Crippen LogP contribution in [0.1, 0.15) is 74.3 Å². The maximum atomic E-state index is 13.3. The van der Waals surface area contributed by atoms with Gasteiger partial charge in [-0.25, -0.2) is 19.6 Å². The molecule has 6 aromatic rings. The van der Waals surface area contributed by atoms with Gasteiger partial charge in [0.15, 0.2) is 23.2 Å². The lowest BCUT2D eigenvalue weighted by molar-refractivity contribution is -0.135. The molecule has 0 spiro atoms. The van der Waals surface area contributed by atoms with Crippen LogP contribution < -0.4 is 14.8 Å². The molecule has 1 amide bonds. The van der Waals surface area contributed by atoms with Crippen LogP contribution in [0.15, 0.2) is 122 Å². The molecule has 65 heavy (non-hydrogen) atoms. The maximum Gasteiger partial charge on any atom is 0.259 e. The number of fused-ring (bicyclic) bond motifs is 1. The standard InChI is InChI=1S/C49H56N7O8P/c1-32(2)56(33(3)4)65(61-29-15-28-50)64-43-42(62-48(44(43)60-8)55-31-53-41-45(51-30-52-46(41)55)54-47(57)35-16-11-9-12-17-35)34(5)63-49(36-18-13-10-14-19-36,37-20-24-39(58-6)25-21-37)38-22-26-40(59-7)27-23-38/h9-14,16-27,30-34,42-44,48H,15,29H2,1-8H3,(H,51,52,54,57)/t34-,42-,43-,44-,48-,65?/m1/s1. The summed E-state index contributed by atoms with van der Waals surface area (Å²) in [6, 6.07) is 36.8. The highest BCUT2D eigenvalue weighted by molar-refractivity contribution is 7.44. The minimum absolute atomic E-state index is 0.0177. The van der Waals surface area contributed by atoms with Gasteiger partial charge in [0.25, 0.3) is 14.4 Å². The van der Waals surface area contributed by atoms with Crippen LogP contribution in [0.5, 0.6) is 11.5 Å². The number of anilines is 1. The van der Waals surface area contributed by atoms with Crippen molar-refractivity contribution in [2.75, 3.05) is 33.3 Å². The van der Waals surface area contributed by atoms with E-state index in [1.807, 2.05) is 91.9 Å². The van der Waals surface area contributed by atoms with Crippen LogP contribution in [0, 0.1) is 11.3 Å². The van der Waals surface area contributed by atoms with Crippen LogP contribution in [-0.2, 0) is 28.9 Å². The van der Waals surface area contributed by atoms with Crippen molar-refractivity contribution < 1.29 is 37.5 Å². The van der Waals surface area contributed by atoms with Crippen LogP contribution >= 0.6 is 8.53 Å². The van der Waals surface area contributed by atoms with Gasteiger partial charge in [0, 0.05) is 24.8 Å². The minimum Gasteiger partial charge on any atom is -0.497 e. The normalized spacial score (nSPS) is 18.5. The third kappa shape index (κ3) is 10.0. The van der Waals surface area contributed by atoms with E-state index in [9.17, 15) is 10.1 Å². The van der Waals surface area contributed by atoms with E-state index in [0.717, 1.165) is 16.7 Å². The quantitative estimate of drug-likeness (QED) is 0.0439. The van der Waals surface area contributed by atoms with Crippen molar-refractivity contribution in [3.63, 3.8) is 0 Å². The predicted molar refractivity (Wildman–Crippen MR) is 247 cm³/mol. The number of nitrogens with zero attached hydrogens (tertiary/aromatic N) is 6. The van der Waals surface area contributed by atoms with E-state index in [4.69, 9.17) is 37.7 Å². The summed E-state index contributed by atoms with van der Waals surface area (Å²) < 4.78 is 50.0. The number of methoxy groups -OCH3 is 3. The first kappa shape index (κ1) is 47.2. The second-order valence-corrected chi connectivity index (χ2v) is 17.4. The molecule has 1 aliphatic rings. The zero-order valence-electron chi connectivity index (χ0n) is 37.9. The predicted octanol–water partition coefficient (Wildman–Crippen LogP) is 9.07. The zero-order valence-corrected chi connectivity index (χ0v) is 38.8. The number of carbonyl (C=O) groups is 1. The average Bonchev–Trinajstić information content (AvgIpc) is 3.93. The second kappa shape index (κ2) is 21.4. The Labute approximate surface area is 381 Å². The summed E-state index contributed by atoms with van der Waals surface area (Å²) in [5, 5.41) is 12.4. The highest BCUT2D eigenvalue weighted by Gasteiger charge is 2.54. The van der Waals surface area contributed by atoms with E-state index in [1.165, 1.54) is 6.33 Å². The Morgan fingerprint density at radius 1 is 0.815 bits per heavy atom. The van der Waals surface area contributed by atoms with Gasteiger partial charge in [0.05, 0.1) is 45.7 Å². The van der Waals surface area contributed by atoms with Crippen molar-refractivity contribution in [1.82, 2.24) is 24.2 Å². The molecular weight excluding hydrogens is 846 g/mol. The van der Waals surface area contributed by atoms with Gasteiger partial charge in [-0.15, -0.1) is 0 Å². The van der Waals surface area contributed by atoms with Gasteiger partial charge in [-0.2, -0.15) is 5.26 Å². The molecular formula is C49H56N7O8P. The van der Waals surface area contributed by atoms with Gasteiger partial charge < -0.3 is 38.0 Å². The third-order valence-electron chi connectivity index (χ3n) is 11.3. The van der Waals surface area contributed by atoms with Crippen LogP contribution in [0.4, 0.5) is 5.82 Å². The number of ether oxygens (including phenoxy) is 5. The molecule has 1 N–H and O–H groups in total. The Balaban J connectivity index is 1.36. The Hall–Kier alpha value is -5.82. The monoisotopic (exact) mass is 901 g/mol. The first-order valence-corrected chi connectivity index (χ1v) is 22.7. The van der Waals surface area contributed by atoms with Crippen LogP contribution in [-0.4, -0.2) is 94.5 Å². The molecule has 0 radical (unpaired) electrons. The molecule has 1 fully saturated rings. The van der Waals surface area contributed by atoms with E-state index in [1.54, 1.807) is 56.5 Å². The molecule has 1 unspecified atom stereocenters. The summed E-state index contributed by atoms with van der Waals surface area (Å²) >= 11 is 0. The number of imidazole rings is 1. The highest BCUT2D eigenvalue weighted by atomic mass is 31.2. The van der Waals surface area contributed by atoms with E-state index >= 15 is 0 Å². The molecule has 0 saturated carbocycles. The minimum atomic E-state index is -1.79. The smallest absolute Gasteiger partial charge is 0.259 e. The Morgan fingerprint density at radius 3 is 1.95 bits per heavy atom. The van der Waals surface area contributed by atoms with E-state index in [0.29, 0.717) is 28.2 Å². The number of nitriles is 1. The summed E-state index contributed by atoms with van der Waals surface area (Å²) in [6.45, 7) is 10.5. The van der Waals surface area contributed by atoms with E-state index in [-0.39, 0.29) is 36.8 Å². The van der Waals surface area contributed by atoms with Gasteiger partial charge in [0.1, 0.15) is 41.7 Å². The summed E-state index contributed by atoms with van der Waals surface area (Å²) in [5.74, 6) is 1.29. The summed E-state index contributed by atoms with van der Waals surface area (Å²) in [5.41, 5.74) is 2.57. The van der Waals surface area contributed by atoms with Crippen LogP contribution in [0.3, 0.4) is 0 Å². The highest BCUT2D eigenvalue weighted by Crippen LogP contribution is 2.52. The molecule has 4 aromatic carbocycles. The van der Waals surface area contributed by atoms with Crippen molar-refractivity contribution in [2.45, 2.75) is 89.4 Å². The Morgan fingerprint density at radius 2 is 1.40 bits per heavy atom. The van der Waals surface area contributed by atoms with Gasteiger partial charge in [-0.1, -0.05) is 72.8 Å². The first-order valence-electron chi connectivity index (χ1n) is 21.5. The lowest BCUT2D eigenvalue weighted by Gasteiger charge is -2.41. The van der Waals surface area contributed by atoms with E-state index in [2.05, 4.69) is 53.7 Å². The molecule has 0 bridgehead atoms. The molecule has 0 aliphatic carbocycles. The Kier molecular flexibility index (Phi) is 15.6. The fourth-order valence-electron chi connectivity index (χ4n) is 8.31. The number of nitrogens with one attached hydrogen (secondary N) is 1. The van der Waals surface area contributed by atoms with Crippen molar-refractivity contribution in [3.8, 4) is 17.6 Å². The summed E-state index contributed by atoms with van der Waals surface area (Å²) in [7, 11) is 3.09. The van der Waals surface area contributed by atoms with Gasteiger partial charge >= 0.3 is 0 Å². The number of benzene rings is 4. The van der Waals surface area contributed by atoms with Crippen LogP contribution in [0.2, 0.25) is 0 Å². The van der Waals surface area contributed by atoms with E-state index < -0.39 is 44.8 Å². The number of aromatic nitrogens is 4. The molecule has 6 atom stereocenters. The lowest BCUT2D eigenvalue weighted by atomic mass is 9.79. The molecule has 2 aromatic heterocycles. The molecule has 7 rings (SSSR count). The topological polar surface area (TPSA) is 164 Å². The molecule has 3 heterocycles. The first-order chi connectivity index (χ1) is 31.5. The van der Waals surface area contributed by atoms with Gasteiger partial charge in [-0.05, 0) is 87.7 Å². The second-order valence-electron chi connectivity index (χ2n) is 16.0. The molecule has 1 aliphatic heterocycles. The van der Waals surface area contributed by atoms with Crippen molar-refractivity contribution in [1.29, 1.82) is 5.26 Å². The van der Waals surface area contributed by atoms with Gasteiger partial charge in [-0.3, -0.25) is 9.36 Å². The number of hydrogen-bond acceptors (Lipinski definition) is 13. The molecule has 340 valence electrons. The SMILES string of the molecule is COc1ccc(C(O[C@H](C)[C@H]2O[C@@H](n3cnc4c(NC(=O)c5ccccc5)ncnc43)[C@H](OC)[C@@H]2OP(OCCC#N)N(C(C)C)C(C)C)(c2ccccc2)c2ccc(OC)cc2)cc1. The number of carbonyl (C=O) groups excluding carboxylic acids is 1. The van der Waals surface area contributed by atoms with Crippen molar-refractivity contribution >= 4 is 31.4 Å². The number of amides is 1. The largest absolute Gasteiger partial charge is 0.497 e. The zero-order chi connectivity index (χ0) is 46.1. The average molecular weight is 902 g/mol. The molecule has 15 nitrogen and oxygen atoms in total. The lowest BCUT2D eigenvalue weighted by Crippen LogP contribution is -2.46. The molecule has 16 heteroatoms. The molecule has 1 saturated heterocycles. The summed E-state index contributed by atoms with van der Waals surface area (Å²) in [4.78, 5) is 27.0. The van der Waals surface area contributed by atoms with Crippen molar-refractivity contribution in [2.24, 2.45) is 0 Å². The third-order valence-corrected chi connectivity index (χ3v) is 13.4. The fraction of sp³-hybridized carbons (Fsp3) is 0.367. The van der Waals surface area contributed by atoms with Gasteiger partial charge in [0.2, 0.25) is 0 Å². The van der Waals surface area contributed by atoms with Crippen molar-refractivity contribution in [3.05, 3.63) is 144 Å².